The molecule has 1 unspecified atom stereocenters. The highest BCUT2D eigenvalue weighted by Gasteiger charge is 2.24. The lowest BCUT2D eigenvalue weighted by Gasteiger charge is -2.21. The van der Waals surface area contributed by atoms with Crippen molar-refractivity contribution in [1.82, 2.24) is 19.9 Å². The van der Waals surface area contributed by atoms with Gasteiger partial charge in [-0.15, -0.1) is 0 Å². The number of nitrogens with one attached hydrogen (secondary N) is 1. The van der Waals surface area contributed by atoms with Crippen molar-refractivity contribution in [1.29, 1.82) is 0 Å². The third-order valence-electron chi connectivity index (χ3n) is 3.65. The number of aryl methyl sites for hydroxylation is 2. The van der Waals surface area contributed by atoms with E-state index in [4.69, 9.17) is 0 Å². The van der Waals surface area contributed by atoms with Crippen LogP contribution in [0.3, 0.4) is 0 Å². The molecule has 1 fully saturated rings. The number of rotatable bonds is 1. The first kappa shape index (κ1) is 11.3. The number of carbonyl (C=O) groups is 1. The van der Waals surface area contributed by atoms with E-state index >= 15 is 0 Å². The highest BCUT2D eigenvalue weighted by molar-refractivity contribution is 5.86. The Labute approximate surface area is 105 Å². The van der Waals surface area contributed by atoms with Crippen LogP contribution in [0.2, 0.25) is 0 Å². The van der Waals surface area contributed by atoms with Gasteiger partial charge in [0.25, 0.3) is 0 Å². The maximum absolute atomic E-state index is 11.9. The molecule has 0 saturated carbocycles. The predicted octanol–water partition coefficient (Wildman–Crippen LogP) is 0.992. The number of hydrogen-bond acceptors (Lipinski definition) is 4. The molecule has 1 aliphatic rings. The molecule has 1 atom stereocenters. The molecular weight excluding hydrogens is 228 g/mol. The Bertz CT molecular complexity index is 617. The highest BCUT2D eigenvalue weighted by atomic mass is 16.1. The van der Waals surface area contributed by atoms with E-state index in [0.717, 1.165) is 29.0 Å². The van der Waals surface area contributed by atoms with E-state index in [9.17, 15) is 4.79 Å². The SMILES string of the molecule is Cc1nn2cc(C3CNCCC3=O)cnc2c1C. The molecule has 5 heteroatoms. The van der Waals surface area contributed by atoms with Crippen LogP contribution in [0.4, 0.5) is 0 Å². The summed E-state index contributed by atoms with van der Waals surface area (Å²) in [5.41, 5.74) is 3.89. The molecule has 0 aromatic carbocycles. The lowest BCUT2D eigenvalue weighted by Crippen LogP contribution is -2.35. The molecule has 1 N–H and O–H groups in total. The van der Waals surface area contributed by atoms with Gasteiger partial charge >= 0.3 is 0 Å². The third-order valence-corrected chi connectivity index (χ3v) is 3.65. The van der Waals surface area contributed by atoms with Crippen LogP contribution in [0.15, 0.2) is 12.4 Å². The Morgan fingerprint density at radius 1 is 1.44 bits per heavy atom. The minimum atomic E-state index is -0.0829. The molecule has 3 heterocycles. The van der Waals surface area contributed by atoms with E-state index in [1.54, 1.807) is 10.7 Å². The maximum Gasteiger partial charge on any atom is 0.158 e. The summed E-state index contributed by atoms with van der Waals surface area (Å²) in [4.78, 5) is 16.3. The zero-order valence-electron chi connectivity index (χ0n) is 10.6. The van der Waals surface area contributed by atoms with Crippen molar-refractivity contribution in [3.63, 3.8) is 0 Å². The van der Waals surface area contributed by atoms with Crippen LogP contribution in [0.25, 0.3) is 5.65 Å². The van der Waals surface area contributed by atoms with E-state index in [1.807, 2.05) is 20.0 Å². The van der Waals surface area contributed by atoms with Gasteiger partial charge in [-0.1, -0.05) is 0 Å². The Hall–Kier alpha value is -1.75. The number of ketones is 1. The zero-order chi connectivity index (χ0) is 12.7. The number of nitrogens with zero attached hydrogens (tertiary/aromatic N) is 3. The third kappa shape index (κ3) is 1.71. The molecule has 1 aliphatic heterocycles. The van der Waals surface area contributed by atoms with Crippen molar-refractivity contribution < 1.29 is 4.79 Å². The lowest BCUT2D eigenvalue weighted by atomic mass is 9.92. The second-order valence-corrected chi connectivity index (χ2v) is 4.84. The quantitative estimate of drug-likeness (QED) is 0.812. The first-order chi connectivity index (χ1) is 8.66. The van der Waals surface area contributed by atoms with Gasteiger partial charge in [0.1, 0.15) is 5.78 Å². The molecule has 0 spiro atoms. The van der Waals surface area contributed by atoms with Crippen LogP contribution < -0.4 is 5.32 Å². The number of Topliss-reactive ketones (excluding diaryl/α,β-unsaturated/α-hetero) is 1. The second-order valence-electron chi connectivity index (χ2n) is 4.84. The summed E-state index contributed by atoms with van der Waals surface area (Å²) in [6.45, 7) is 5.46. The summed E-state index contributed by atoms with van der Waals surface area (Å²) in [5.74, 6) is 0.205. The monoisotopic (exact) mass is 244 g/mol. The van der Waals surface area contributed by atoms with Crippen molar-refractivity contribution in [2.45, 2.75) is 26.2 Å². The fraction of sp³-hybridized carbons (Fsp3) is 0.462. The standard InChI is InChI=1S/C13H16N4O/c1-8-9(2)16-17-7-10(5-15-13(8)17)11-6-14-4-3-12(11)18/h5,7,11,14H,3-4,6H2,1-2H3. The molecular formula is C13H16N4O. The fourth-order valence-corrected chi connectivity index (χ4v) is 2.40. The number of carbonyl (C=O) groups excluding carboxylic acids is 1. The summed E-state index contributed by atoms with van der Waals surface area (Å²) < 4.78 is 1.78. The Kier molecular flexibility index (Phi) is 2.63. The van der Waals surface area contributed by atoms with Crippen LogP contribution in [0.1, 0.15) is 29.2 Å². The summed E-state index contributed by atoms with van der Waals surface area (Å²) >= 11 is 0. The van der Waals surface area contributed by atoms with E-state index in [2.05, 4.69) is 15.4 Å². The van der Waals surface area contributed by atoms with Crippen LogP contribution >= 0.6 is 0 Å². The van der Waals surface area contributed by atoms with E-state index in [1.165, 1.54) is 0 Å². The maximum atomic E-state index is 11.9. The van der Waals surface area contributed by atoms with Gasteiger partial charge in [-0.05, 0) is 13.8 Å². The summed E-state index contributed by atoms with van der Waals surface area (Å²) in [6.07, 6.45) is 4.33. The number of hydrogen-bond donors (Lipinski definition) is 1. The van der Waals surface area contributed by atoms with Crippen LogP contribution in [-0.2, 0) is 4.79 Å². The topological polar surface area (TPSA) is 59.3 Å². The first-order valence-corrected chi connectivity index (χ1v) is 6.21. The highest BCUT2D eigenvalue weighted by Crippen LogP contribution is 2.21. The molecule has 0 aliphatic carbocycles. The van der Waals surface area contributed by atoms with Crippen molar-refractivity contribution in [3.8, 4) is 0 Å². The Morgan fingerprint density at radius 2 is 2.28 bits per heavy atom. The Morgan fingerprint density at radius 3 is 3.06 bits per heavy atom. The van der Waals surface area contributed by atoms with Gasteiger partial charge in [0.15, 0.2) is 5.65 Å². The van der Waals surface area contributed by atoms with Crippen LogP contribution in [0, 0.1) is 13.8 Å². The summed E-state index contributed by atoms with van der Waals surface area (Å²) in [6, 6.07) is 0. The molecule has 1 saturated heterocycles. The van der Waals surface area contributed by atoms with Gasteiger partial charge in [-0.2, -0.15) is 5.10 Å². The van der Waals surface area contributed by atoms with E-state index in [-0.39, 0.29) is 11.7 Å². The fourth-order valence-electron chi connectivity index (χ4n) is 2.40. The molecule has 3 rings (SSSR count). The normalized spacial score (nSPS) is 20.6. The van der Waals surface area contributed by atoms with Gasteiger partial charge in [0, 0.05) is 43.0 Å². The minimum Gasteiger partial charge on any atom is -0.315 e. The second kappa shape index (κ2) is 4.17. The van der Waals surface area contributed by atoms with Gasteiger partial charge in [-0.3, -0.25) is 4.79 Å². The summed E-state index contributed by atoms with van der Waals surface area (Å²) in [7, 11) is 0. The molecule has 0 radical (unpaired) electrons. The largest absolute Gasteiger partial charge is 0.315 e. The molecule has 2 aromatic rings. The van der Waals surface area contributed by atoms with Crippen molar-refractivity contribution >= 4 is 11.4 Å². The van der Waals surface area contributed by atoms with Gasteiger partial charge in [0.2, 0.25) is 0 Å². The Balaban J connectivity index is 2.05. The lowest BCUT2D eigenvalue weighted by molar-refractivity contribution is -0.121. The molecule has 94 valence electrons. The first-order valence-electron chi connectivity index (χ1n) is 6.21. The van der Waals surface area contributed by atoms with Gasteiger partial charge in [0.05, 0.1) is 11.6 Å². The molecule has 0 amide bonds. The molecule has 2 aromatic heterocycles. The van der Waals surface area contributed by atoms with Crippen molar-refractivity contribution in [2.24, 2.45) is 0 Å². The molecule has 18 heavy (non-hydrogen) atoms. The predicted molar refractivity (Wildman–Crippen MR) is 67.7 cm³/mol. The average Bonchev–Trinajstić information content (AvgIpc) is 2.65. The number of aromatic nitrogens is 3. The average molecular weight is 244 g/mol. The van der Waals surface area contributed by atoms with Gasteiger partial charge < -0.3 is 5.32 Å². The number of piperidine rings is 1. The van der Waals surface area contributed by atoms with E-state index < -0.39 is 0 Å². The van der Waals surface area contributed by atoms with Crippen molar-refractivity contribution in [3.05, 3.63) is 29.2 Å². The summed E-state index contributed by atoms with van der Waals surface area (Å²) in [5, 5.41) is 7.67. The molecule has 5 nitrogen and oxygen atoms in total. The van der Waals surface area contributed by atoms with Crippen molar-refractivity contribution in [2.75, 3.05) is 13.1 Å². The smallest absolute Gasteiger partial charge is 0.158 e. The zero-order valence-corrected chi connectivity index (χ0v) is 10.6. The van der Waals surface area contributed by atoms with Gasteiger partial charge in [-0.25, -0.2) is 9.50 Å². The number of fused-ring (bicyclic) bond motifs is 1. The van der Waals surface area contributed by atoms with Crippen LogP contribution in [0.5, 0.6) is 0 Å². The molecule has 0 bridgehead atoms. The minimum absolute atomic E-state index is 0.0829. The van der Waals surface area contributed by atoms with Crippen LogP contribution in [-0.4, -0.2) is 33.5 Å². The van der Waals surface area contributed by atoms with E-state index in [0.29, 0.717) is 13.0 Å².